The molecule has 0 aliphatic heterocycles. The van der Waals surface area contributed by atoms with Gasteiger partial charge in [-0.3, -0.25) is 0 Å². The minimum Gasteiger partial charge on any atom is -0.508 e. The van der Waals surface area contributed by atoms with Crippen LogP contribution in [0.5, 0.6) is 11.5 Å². The van der Waals surface area contributed by atoms with Crippen LogP contribution in [-0.4, -0.2) is 24.3 Å². The number of nitrogens with zero attached hydrogens (tertiary/aromatic N) is 1. The zero-order valence-corrected chi connectivity index (χ0v) is 12.3. The molecule has 0 aromatic heterocycles. The summed E-state index contributed by atoms with van der Waals surface area (Å²) >= 11 is 0. The number of hydrogen-bond donors (Lipinski definition) is 3. The molecule has 0 unspecified atom stereocenters. The molecule has 0 bridgehead atoms. The third-order valence-electron chi connectivity index (χ3n) is 2.83. The van der Waals surface area contributed by atoms with Crippen LogP contribution >= 0.6 is 0 Å². The number of nitrogens with one attached hydrogen (secondary N) is 1. The number of sulfonamides is 1. The average Bonchev–Trinajstić information content (AvgIpc) is 2.45. The molecule has 2 aromatic rings. The average molecular weight is 324 g/mol. The molecule has 0 radical (unpaired) electrons. The second-order valence-corrected chi connectivity index (χ2v) is 6.11. The maximum Gasteiger partial charge on any atom is 0.276 e. The van der Waals surface area contributed by atoms with Crippen LogP contribution in [0.25, 0.3) is 0 Å². The van der Waals surface area contributed by atoms with Gasteiger partial charge in [-0.25, -0.2) is 4.39 Å². The normalized spacial score (nSPS) is 12.2. The summed E-state index contributed by atoms with van der Waals surface area (Å²) in [6, 6.07) is 8.12. The first-order valence-corrected chi connectivity index (χ1v) is 7.62. The van der Waals surface area contributed by atoms with E-state index in [-0.39, 0.29) is 27.7 Å². The van der Waals surface area contributed by atoms with Crippen LogP contribution in [0.3, 0.4) is 0 Å². The van der Waals surface area contributed by atoms with Crippen LogP contribution < -0.4 is 4.83 Å². The molecule has 0 saturated heterocycles. The third kappa shape index (κ3) is 3.53. The van der Waals surface area contributed by atoms with Gasteiger partial charge in [-0.05, 0) is 43.3 Å². The predicted molar refractivity (Wildman–Crippen MR) is 78.7 cm³/mol. The molecule has 0 atom stereocenters. The van der Waals surface area contributed by atoms with Crippen molar-refractivity contribution in [2.24, 2.45) is 5.10 Å². The van der Waals surface area contributed by atoms with E-state index in [9.17, 15) is 23.0 Å². The summed E-state index contributed by atoms with van der Waals surface area (Å²) in [5, 5.41) is 22.6. The van der Waals surface area contributed by atoms with E-state index in [1.165, 1.54) is 19.1 Å². The van der Waals surface area contributed by atoms with Gasteiger partial charge in [0.1, 0.15) is 17.3 Å². The molecule has 0 aliphatic rings. The molecule has 0 aliphatic carbocycles. The van der Waals surface area contributed by atoms with E-state index in [1.54, 1.807) is 0 Å². The molecule has 2 rings (SSSR count). The molecule has 22 heavy (non-hydrogen) atoms. The molecular formula is C14H13FN2O4S. The van der Waals surface area contributed by atoms with Gasteiger partial charge < -0.3 is 10.2 Å². The maximum atomic E-state index is 12.8. The summed E-state index contributed by atoms with van der Waals surface area (Å²) in [4.78, 5) is 1.86. The minimum absolute atomic E-state index is 0.124. The van der Waals surface area contributed by atoms with Gasteiger partial charge in [-0.15, -0.1) is 0 Å². The van der Waals surface area contributed by atoms with Crippen LogP contribution in [0.4, 0.5) is 4.39 Å². The molecule has 8 heteroatoms. The maximum absolute atomic E-state index is 12.8. The van der Waals surface area contributed by atoms with E-state index in [0.29, 0.717) is 0 Å². The van der Waals surface area contributed by atoms with E-state index >= 15 is 0 Å². The summed E-state index contributed by atoms with van der Waals surface area (Å²) in [5.74, 6) is -0.907. The zero-order valence-electron chi connectivity index (χ0n) is 11.5. The fraction of sp³-hybridized carbons (Fsp3) is 0.0714. The van der Waals surface area contributed by atoms with Gasteiger partial charge in [0.05, 0.1) is 10.6 Å². The van der Waals surface area contributed by atoms with Gasteiger partial charge in [0.25, 0.3) is 10.0 Å². The molecule has 2 aromatic carbocycles. The Morgan fingerprint density at radius 2 is 1.77 bits per heavy atom. The summed E-state index contributed by atoms with van der Waals surface area (Å²) in [6.45, 7) is 1.49. The lowest BCUT2D eigenvalue weighted by Crippen LogP contribution is -2.20. The lowest BCUT2D eigenvalue weighted by molar-refractivity contribution is 0.450. The fourth-order valence-corrected chi connectivity index (χ4v) is 2.54. The van der Waals surface area contributed by atoms with Crippen molar-refractivity contribution in [1.29, 1.82) is 0 Å². The van der Waals surface area contributed by atoms with Crippen molar-refractivity contribution in [3.05, 3.63) is 53.8 Å². The fourth-order valence-electron chi connectivity index (χ4n) is 1.68. The van der Waals surface area contributed by atoms with E-state index in [1.807, 2.05) is 4.83 Å². The van der Waals surface area contributed by atoms with Gasteiger partial charge in [0, 0.05) is 11.6 Å². The Morgan fingerprint density at radius 1 is 1.14 bits per heavy atom. The number of phenols is 2. The smallest absolute Gasteiger partial charge is 0.276 e. The van der Waals surface area contributed by atoms with Gasteiger partial charge in [-0.1, -0.05) is 0 Å². The molecule has 6 nitrogen and oxygen atoms in total. The topological polar surface area (TPSA) is 99.0 Å². The van der Waals surface area contributed by atoms with Gasteiger partial charge in [0.15, 0.2) is 0 Å². The number of phenolic OH excluding ortho intramolecular Hbond substituents is 2. The number of hydrogen-bond acceptors (Lipinski definition) is 5. The molecule has 116 valence electrons. The molecule has 0 saturated carbocycles. The van der Waals surface area contributed by atoms with E-state index < -0.39 is 15.8 Å². The largest absolute Gasteiger partial charge is 0.508 e. The number of hydrazone groups is 1. The highest BCUT2D eigenvalue weighted by molar-refractivity contribution is 7.89. The van der Waals surface area contributed by atoms with Gasteiger partial charge in [-0.2, -0.15) is 18.4 Å². The standard InChI is InChI=1S/C14H13FN2O4S/c1-9(13-7-4-11(18)8-14(13)19)16-17-22(20,21)12-5-2-10(15)3-6-12/h2-8,17-19H,1H3/b16-9+. The molecule has 0 fully saturated rings. The van der Waals surface area contributed by atoms with Gasteiger partial charge >= 0.3 is 0 Å². The first-order chi connectivity index (χ1) is 10.3. The summed E-state index contributed by atoms with van der Waals surface area (Å²) in [5.41, 5.74) is 0.461. The second-order valence-electron chi connectivity index (χ2n) is 4.45. The lowest BCUT2D eigenvalue weighted by atomic mass is 10.1. The second kappa shape index (κ2) is 6.02. The summed E-state index contributed by atoms with van der Waals surface area (Å²) in [7, 11) is -3.94. The van der Waals surface area contributed by atoms with Crippen LogP contribution in [0.1, 0.15) is 12.5 Å². The van der Waals surface area contributed by atoms with Crippen molar-refractivity contribution in [2.45, 2.75) is 11.8 Å². The number of halogens is 1. The first-order valence-electron chi connectivity index (χ1n) is 6.13. The molecule has 3 N–H and O–H groups in total. The highest BCUT2D eigenvalue weighted by Crippen LogP contribution is 2.23. The van der Waals surface area contributed by atoms with Crippen LogP contribution in [0.15, 0.2) is 52.5 Å². The quantitative estimate of drug-likeness (QED) is 0.591. The van der Waals surface area contributed by atoms with E-state index in [4.69, 9.17) is 0 Å². The highest BCUT2D eigenvalue weighted by Gasteiger charge is 2.13. The Bertz CT molecular complexity index is 817. The monoisotopic (exact) mass is 324 g/mol. The van der Waals surface area contributed by atoms with Crippen molar-refractivity contribution in [3.8, 4) is 11.5 Å². The number of rotatable bonds is 4. The SMILES string of the molecule is C/C(=N\NS(=O)(=O)c1ccc(F)cc1)c1ccc(O)cc1O. The zero-order chi connectivity index (χ0) is 16.3. The Balaban J connectivity index is 2.24. The van der Waals surface area contributed by atoms with E-state index in [2.05, 4.69) is 5.10 Å². The Labute approximate surface area is 126 Å². The van der Waals surface area contributed by atoms with Crippen molar-refractivity contribution in [3.63, 3.8) is 0 Å². The molecule has 0 heterocycles. The Kier molecular flexibility index (Phi) is 4.32. The van der Waals surface area contributed by atoms with Crippen molar-refractivity contribution < 1.29 is 23.0 Å². The van der Waals surface area contributed by atoms with E-state index in [0.717, 1.165) is 30.3 Å². The lowest BCUT2D eigenvalue weighted by Gasteiger charge is -2.07. The minimum atomic E-state index is -3.94. The number of benzene rings is 2. The molecule has 0 amide bonds. The summed E-state index contributed by atoms with van der Waals surface area (Å²) < 4.78 is 36.7. The Hall–Kier alpha value is -2.61. The third-order valence-corrected chi connectivity index (χ3v) is 4.05. The van der Waals surface area contributed by atoms with Crippen molar-refractivity contribution in [1.82, 2.24) is 4.83 Å². The predicted octanol–water partition coefficient (Wildman–Crippen LogP) is 1.94. The van der Waals surface area contributed by atoms with Crippen LogP contribution in [0.2, 0.25) is 0 Å². The first kappa shape index (κ1) is 15.8. The molecule has 0 spiro atoms. The highest BCUT2D eigenvalue weighted by atomic mass is 32.2. The number of aromatic hydroxyl groups is 2. The van der Waals surface area contributed by atoms with Crippen LogP contribution in [0, 0.1) is 5.82 Å². The van der Waals surface area contributed by atoms with Crippen molar-refractivity contribution in [2.75, 3.05) is 0 Å². The van der Waals surface area contributed by atoms with Crippen molar-refractivity contribution >= 4 is 15.7 Å². The summed E-state index contributed by atoms with van der Waals surface area (Å²) in [6.07, 6.45) is 0. The molecular weight excluding hydrogens is 311 g/mol. The van der Waals surface area contributed by atoms with Gasteiger partial charge in [0.2, 0.25) is 0 Å². The Morgan fingerprint density at radius 3 is 2.36 bits per heavy atom. The van der Waals surface area contributed by atoms with Crippen LogP contribution in [-0.2, 0) is 10.0 Å².